The molecule has 36 heavy (non-hydrogen) atoms. The summed E-state index contributed by atoms with van der Waals surface area (Å²) in [6, 6.07) is 5.70. The van der Waals surface area contributed by atoms with Gasteiger partial charge in [-0.1, -0.05) is 24.2 Å². The second-order valence-electron chi connectivity index (χ2n) is 8.14. The van der Waals surface area contributed by atoms with E-state index in [4.69, 9.17) is 14.3 Å². The number of rotatable bonds is 12. The lowest BCUT2D eigenvalue weighted by atomic mass is 10.1. The van der Waals surface area contributed by atoms with Crippen molar-refractivity contribution >= 4 is 27.5 Å². The molecule has 13 heteroatoms. The molecule has 3 rings (SSSR count). The molecule has 1 atom stereocenters. The number of nitrogens with one attached hydrogen (secondary N) is 1. The average molecular weight is 522 g/mol. The van der Waals surface area contributed by atoms with E-state index >= 15 is 0 Å². The predicted octanol–water partition coefficient (Wildman–Crippen LogP) is 1.42. The van der Waals surface area contributed by atoms with Gasteiger partial charge in [0.1, 0.15) is 0 Å². The molecule has 1 amide bonds. The summed E-state index contributed by atoms with van der Waals surface area (Å²) in [5.74, 6) is -0.123. The molecule has 1 aromatic carbocycles. The standard InChI is InChI=1S/C23H31N5O7S/c1-4-28(10-11-29)36(31,32)19-7-5-17(6-8-19)22(27-35-18-9-12-33-15-18)23(30)26-20-13-25-21(14-24-20)34-16(2)3/h5-8,13-14,16,18,29H,4,9-12,15H2,1-3H3,(H,24,26,30)/b27-22+/t18-/m1/s1. The van der Waals surface area contributed by atoms with Crippen LogP contribution in [0.3, 0.4) is 0 Å². The Hall–Kier alpha value is -3.13. The number of anilines is 1. The van der Waals surface area contributed by atoms with Crippen molar-refractivity contribution in [2.24, 2.45) is 5.16 Å². The first-order valence-electron chi connectivity index (χ1n) is 11.6. The normalized spacial score (nSPS) is 16.4. The zero-order valence-corrected chi connectivity index (χ0v) is 21.3. The van der Waals surface area contributed by atoms with E-state index in [2.05, 4.69) is 20.4 Å². The molecule has 2 aromatic rings. The topological polar surface area (TPSA) is 153 Å². The van der Waals surface area contributed by atoms with Gasteiger partial charge in [0.25, 0.3) is 5.91 Å². The van der Waals surface area contributed by atoms with Gasteiger partial charge in [-0.15, -0.1) is 0 Å². The van der Waals surface area contributed by atoms with Gasteiger partial charge < -0.3 is 24.7 Å². The molecule has 1 fully saturated rings. The fraction of sp³-hybridized carbons (Fsp3) is 0.478. The van der Waals surface area contributed by atoms with E-state index in [9.17, 15) is 18.3 Å². The van der Waals surface area contributed by atoms with Crippen molar-refractivity contribution in [3.8, 4) is 5.88 Å². The minimum absolute atomic E-state index is 0.0188. The van der Waals surface area contributed by atoms with Gasteiger partial charge in [-0.05, 0) is 26.0 Å². The molecule has 12 nitrogen and oxygen atoms in total. The third-order valence-electron chi connectivity index (χ3n) is 5.09. The van der Waals surface area contributed by atoms with Crippen LogP contribution in [0.4, 0.5) is 5.82 Å². The predicted molar refractivity (Wildman–Crippen MR) is 131 cm³/mol. The van der Waals surface area contributed by atoms with Crippen LogP contribution in [0.5, 0.6) is 5.88 Å². The summed E-state index contributed by atoms with van der Waals surface area (Å²) >= 11 is 0. The Morgan fingerprint density at radius 2 is 2.03 bits per heavy atom. The van der Waals surface area contributed by atoms with Gasteiger partial charge in [0.2, 0.25) is 15.9 Å². The summed E-state index contributed by atoms with van der Waals surface area (Å²) in [6.07, 6.45) is 3.02. The van der Waals surface area contributed by atoms with E-state index < -0.39 is 15.9 Å². The van der Waals surface area contributed by atoms with Gasteiger partial charge in [-0.25, -0.2) is 18.4 Å². The molecule has 2 heterocycles. The molecule has 196 valence electrons. The number of aliphatic hydroxyl groups excluding tert-OH is 1. The van der Waals surface area contributed by atoms with Crippen LogP contribution < -0.4 is 10.1 Å². The first kappa shape index (κ1) is 27.5. The maximum absolute atomic E-state index is 13.1. The quantitative estimate of drug-likeness (QED) is 0.312. The SMILES string of the molecule is CCN(CCO)S(=O)(=O)c1ccc(/C(=N\O[C@@H]2CCOC2)C(=O)Nc2cnc(OC(C)C)cn2)cc1. The number of benzene rings is 1. The van der Waals surface area contributed by atoms with Gasteiger partial charge in [-0.2, -0.15) is 4.31 Å². The zero-order chi connectivity index (χ0) is 26.1. The summed E-state index contributed by atoms with van der Waals surface area (Å²) in [4.78, 5) is 26.9. The number of oxime groups is 1. The van der Waals surface area contributed by atoms with Crippen molar-refractivity contribution in [3.63, 3.8) is 0 Å². The number of sulfonamides is 1. The van der Waals surface area contributed by atoms with Crippen molar-refractivity contribution in [3.05, 3.63) is 42.2 Å². The molecule has 0 aliphatic carbocycles. The van der Waals surface area contributed by atoms with Crippen LogP contribution >= 0.6 is 0 Å². The van der Waals surface area contributed by atoms with E-state index in [1.165, 1.54) is 36.7 Å². The van der Waals surface area contributed by atoms with E-state index in [0.29, 0.717) is 31.1 Å². The second kappa shape index (κ2) is 12.7. The Labute approximate surface area is 210 Å². The van der Waals surface area contributed by atoms with E-state index in [0.717, 1.165) is 4.31 Å². The lowest BCUT2D eigenvalue weighted by molar-refractivity contribution is -0.110. The number of aliphatic hydroxyl groups is 1. The molecule has 2 N–H and O–H groups in total. The minimum atomic E-state index is -3.81. The van der Waals surface area contributed by atoms with Crippen molar-refractivity contribution in [1.82, 2.24) is 14.3 Å². The second-order valence-corrected chi connectivity index (χ2v) is 10.1. The summed E-state index contributed by atoms with van der Waals surface area (Å²) in [5.41, 5.74) is 0.265. The lowest BCUT2D eigenvalue weighted by Crippen LogP contribution is -2.33. The monoisotopic (exact) mass is 521 g/mol. The fourth-order valence-electron chi connectivity index (χ4n) is 3.30. The smallest absolute Gasteiger partial charge is 0.279 e. The van der Waals surface area contributed by atoms with Crippen LogP contribution in [0.25, 0.3) is 0 Å². The van der Waals surface area contributed by atoms with Crippen LogP contribution in [-0.4, -0.2) is 84.5 Å². The van der Waals surface area contributed by atoms with Gasteiger partial charge >= 0.3 is 0 Å². The molecular formula is C23H31N5O7S. The first-order chi connectivity index (χ1) is 17.2. The average Bonchev–Trinajstić information content (AvgIpc) is 3.37. The molecule has 0 saturated carbocycles. The molecule has 1 saturated heterocycles. The Kier molecular flexibility index (Phi) is 9.70. The first-order valence-corrected chi connectivity index (χ1v) is 13.0. The van der Waals surface area contributed by atoms with E-state index in [1.807, 2.05) is 13.8 Å². The van der Waals surface area contributed by atoms with Gasteiger partial charge in [0.05, 0.1) is 43.2 Å². The molecule has 0 spiro atoms. The Morgan fingerprint density at radius 1 is 1.28 bits per heavy atom. The molecule has 1 aromatic heterocycles. The van der Waals surface area contributed by atoms with Crippen LogP contribution in [0.15, 0.2) is 46.7 Å². The lowest BCUT2D eigenvalue weighted by Gasteiger charge is -2.19. The van der Waals surface area contributed by atoms with Crippen LogP contribution in [-0.2, 0) is 24.4 Å². The van der Waals surface area contributed by atoms with Gasteiger partial charge in [-0.3, -0.25) is 4.79 Å². The molecule has 0 unspecified atom stereocenters. The number of carbonyl (C=O) groups is 1. The Bertz CT molecular complexity index is 1130. The van der Waals surface area contributed by atoms with Crippen LogP contribution in [0.2, 0.25) is 0 Å². The number of nitrogens with zero attached hydrogens (tertiary/aromatic N) is 4. The van der Waals surface area contributed by atoms with E-state index in [1.54, 1.807) is 6.92 Å². The fourth-order valence-corrected chi connectivity index (χ4v) is 4.74. The third-order valence-corrected chi connectivity index (χ3v) is 7.08. The number of hydrogen-bond acceptors (Lipinski definition) is 10. The highest BCUT2D eigenvalue weighted by Gasteiger charge is 2.24. The number of aromatic nitrogens is 2. The van der Waals surface area contributed by atoms with Crippen molar-refractivity contribution in [2.45, 2.75) is 44.3 Å². The Morgan fingerprint density at radius 3 is 2.58 bits per heavy atom. The molecule has 0 radical (unpaired) electrons. The molecule has 1 aliphatic heterocycles. The van der Waals surface area contributed by atoms with Crippen LogP contribution in [0, 0.1) is 0 Å². The zero-order valence-electron chi connectivity index (χ0n) is 20.5. The maximum Gasteiger partial charge on any atom is 0.279 e. The number of likely N-dealkylation sites (N-methyl/N-ethyl adjacent to an activating group) is 1. The van der Waals surface area contributed by atoms with Gasteiger partial charge in [0, 0.05) is 25.1 Å². The highest BCUT2D eigenvalue weighted by Crippen LogP contribution is 2.18. The minimum Gasteiger partial charge on any atom is -0.474 e. The number of carbonyl (C=O) groups excluding carboxylic acids is 1. The molecule has 0 bridgehead atoms. The van der Waals surface area contributed by atoms with Crippen molar-refractivity contribution in [2.75, 3.05) is 38.2 Å². The molecular weight excluding hydrogens is 490 g/mol. The van der Waals surface area contributed by atoms with Crippen molar-refractivity contribution in [1.29, 1.82) is 0 Å². The molecule has 1 aliphatic rings. The highest BCUT2D eigenvalue weighted by atomic mass is 32.2. The van der Waals surface area contributed by atoms with Gasteiger partial charge in [0.15, 0.2) is 17.6 Å². The summed E-state index contributed by atoms with van der Waals surface area (Å²) in [6.45, 7) is 6.19. The third kappa shape index (κ3) is 7.20. The Balaban J connectivity index is 1.84. The summed E-state index contributed by atoms with van der Waals surface area (Å²) in [5, 5.41) is 15.9. The van der Waals surface area contributed by atoms with E-state index in [-0.39, 0.29) is 48.3 Å². The summed E-state index contributed by atoms with van der Waals surface area (Å²) < 4.78 is 37.6. The number of amides is 1. The largest absolute Gasteiger partial charge is 0.474 e. The van der Waals surface area contributed by atoms with Crippen LogP contribution in [0.1, 0.15) is 32.8 Å². The summed E-state index contributed by atoms with van der Waals surface area (Å²) in [7, 11) is -3.81. The maximum atomic E-state index is 13.1. The van der Waals surface area contributed by atoms with Crippen molar-refractivity contribution < 1.29 is 32.6 Å². The number of ether oxygens (including phenoxy) is 2. The highest BCUT2D eigenvalue weighted by molar-refractivity contribution is 7.89. The number of hydrogen-bond donors (Lipinski definition) is 2.